The van der Waals surface area contributed by atoms with Crippen LogP contribution in [0.25, 0.3) is 11.3 Å². The summed E-state index contributed by atoms with van der Waals surface area (Å²) in [4.78, 5) is 31.1. The predicted octanol–water partition coefficient (Wildman–Crippen LogP) is 2.73. The molecule has 0 atom stereocenters. The van der Waals surface area contributed by atoms with E-state index in [0.717, 1.165) is 22.8 Å². The van der Waals surface area contributed by atoms with Gasteiger partial charge < -0.3 is 24.2 Å². The summed E-state index contributed by atoms with van der Waals surface area (Å²) in [5.41, 5.74) is 1.64. The van der Waals surface area contributed by atoms with Crippen molar-refractivity contribution in [2.24, 2.45) is 0 Å². The van der Waals surface area contributed by atoms with Gasteiger partial charge >= 0.3 is 0 Å². The molecule has 0 N–H and O–H groups in total. The highest BCUT2D eigenvalue weighted by Crippen LogP contribution is 2.22. The van der Waals surface area contributed by atoms with E-state index >= 15 is 0 Å². The number of benzene rings is 2. The number of rotatable bonds is 9. The van der Waals surface area contributed by atoms with Crippen molar-refractivity contribution in [3.63, 3.8) is 0 Å². The van der Waals surface area contributed by atoms with Gasteiger partial charge in [-0.05, 0) is 48.5 Å². The monoisotopic (exact) mass is 507 g/mol. The Morgan fingerprint density at radius 1 is 0.946 bits per heavy atom. The zero-order valence-corrected chi connectivity index (χ0v) is 21.0. The molecule has 0 radical (unpaired) electrons. The Balaban J connectivity index is 1.34. The normalized spacial score (nSPS) is 13.4. The molecule has 0 saturated carbocycles. The Bertz CT molecular complexity index is 1200. The van der Waals surface area contributed by atoms with Gasteiger partial charge in [-0.25, -0.2) is 4.39 Å². The van der Waals surface area contributed by atoms with Gasteiger partial charge in [-0.15, -0.1) is 10.2 Å². The Labute approximate surface area is 215 Å². The maximum atomic E-state index is 14.2. The fraction of sp³-hybridized carbons (Fsp3) is 0.333. The molecule has 2 heterocycles. The first kappa shape index (κ1) is 26.0. The number of methoxy groups -OCH3 is 2. The second kappa shape index (κ2) is 12.3. The fourth-order valence-electron chi connectivity index (χ4n) is 4.12. The van der Waals surface area contributed by atoms with Crippen molar-refractivity contribution in [1.82, 2.24) is 20.0 Å². The van der Waals surface area contributed by atoms with E-state index in [9.17, 15) is 14.0 Å². The average molecular weight is 508 g/mol. The fourth-order valence-corrected chi connectivity index (χ4v) is 4.12. The first-order valence-electron chi connectivity index (χ1n) is 12.0. The van der Waals surface area contributed by atoms with Crippen LogP contribution in [0.1, 0.15) is 10.4 Å². The first-order valence-corrected chi connectivity index (χ1v) is 12.0. The van der Waals surface area contributed by atoms with Crippen molar-refractivity contribution in [3.05, 3.63) is 72.0 Å². The summed E-state index contributed by atoms with van der Waals surface area (Å²) in [7, 11) is 3.14. The molecule has 10 heteroatoms. The van der Waals surface area contributed by atoms with Crippen LogP contribution in [0, 0.1) is 5.82 Å². The minimum Gasteiger partial charge on any atom is -0.497 e. The van der Waals surface area contributed by atoms with Gasteiger partial charge in [0.05, 0.1) is 25.0 Å². The number of piperazine rings is 1. The van der Waals surface area contributed by atoms with Crippen LogP contribution in [-0.2, 0) is 9.53 Å². The van der Waals surface area contributed by atoms with Crippen LogP contribution in [0.2, 0.25) is 0 Å². The van der Waals surface area contributed by atoms with Gasteiger partial charge in [0.2, 0.25) is 5.91 Å². The summed E-state index contributed by atoms with van der Waals surface area (Å²) in [6.45, 7) is 2.41. The molecule has 1 saturated heterocycles. The summed E-state index contributed by atoms with van der Waals surface area (Å²) in [6, 6.07) is 17.2. The van der Waals surface area contributed by atoms with Gasteiger partial charge in [-0.3, -0.25) is 9.59 Å². The van der Waals surface area contributed by atoms with Crippen LogP contribution in [-0.4, -0.2) is 91.9 Å². The zero-order chi connectivity index (χ0) is 26.2. The molecule has 1 aliphatic heterocycles. The number of aromatic nitrogens is 2. The van der Waals surface area contributed by atoms with Crippen LogP contribution < -0.4 is 9.64 Å². The molecule has 9 nitrogen and oxygen atoms in total. The standard InChI is InChI=1S/C27H30FN5O4/c1-36-18-17-33(27(35)22-5-3-4-6-23(22)28)19-26(34)32-15-13-31(14-16-32)25-12-11-24(29-30-25)20-7-9-21(37-2)10-8-20/h3-12H,13-19H2,1-2H3. The van der Waals surface area contributed by atoms with Gasteiger partial charge in [-0.1, -0.05) is 12.1 Å². The largest absolute Gasteiger partial charge is 0.497 e. The van der Waals surface area contributed by atoms with Gasteiger partial charge in [-0.2, -0.15) is 0 Å². The number of ether oxygens (including phenoxy) is 2. The van der Waals surface area contributed by atoms with Crippen LogP contribution in [0.15, 0.2) is 60.7 Å². The quantitative estimate of drug-likeness (QED) is 0.440. The van der Waals surface area contributed by atoms with Gasteiger partial charge in [0.1, 0.15) is 18.1 Å². The topological polar surface area (TPSA) is 88.1 Å². The molecular formula is C27H30FN5O4. The van der Waals surface area contributed by atoms with Crippen LogP contribution >= 0.6 is 0 Å². The number of carbonyl (C=O) groups excluding carboxylic acids is 2. The summed E-state index contributed by atoms with van der Waals surface area (Å²) in [6.07, 6.45) is 0. The molecule has 2 aromatic carbocycles. The Morgan fingerprint density at radius 3 is 2.30 bits per heavy atom. The highest BCUT2D eigenvalue weighted by Gasteiger charge is 2.26. The van der Waals surface area contributed by atoms with Crippen LogP contribution in [0.3, 0.4) is 0 Å². The molecule has 0 bridgehead atoms. The van der Waals surface area contributed by atoms with E-state index < -0.39 is 11.7 Å². The van der Waals surface area contributed by atoms with E-state index in [2.05, 4.69) is 15.1 Å². The molecule has 3 aromatic rings. The number of carbonyl (C=O) groups is 2. The molecule has 194 valence electrons. The Morgan fingerprint density at radius 2 is 1.68 bits per heavy atom. The highest BCUT2D eigenvalue weighted by molar-refractivity contribution is 5.96. The smallest absolute Gasteiger partial charge is 0.257 e. The number of halogens is 1. The SMILES string of the molecule is COCCN(CC(=O)N1CCN(c2ccc(-c3ccc(OC)cc3)nn2)CC1)C(=O)c1ccccc1F. The first-order chi connectivity index (χ1) is 18.0. The summed E-state index contributed by atoms with van der Waals surface area (Å²) in [5, 5.41) is 8.73. The number of hydrogen-bond donors (Lipinski definition) is 0. The lowest BCUT2D eigenvalue weighted by atomic mass is 10.1. The van der Waals surface area contributed by atoms with E-state index in [0.29, 0.717) is 26.2 Å². The lowest BCUT2D eigenvalue weighted by molar-refractivity contribution is -0.132. The molecular weight excluding hydrogens is 477 g/mol. The number of nitrogens with zero attached hydrogens (tertiary/aromatic N) is 5. The molecule has 1 aromatic heterocycles. The molecule has 0 aliphatic carbocycles. The minimum atomic E-state index is -0.616. The summed E-state index contributed by atoms with van der Waals surface area (Å²) >= 11 is 0. The summed E-state index contributed by atoms with van der Waals surface area (Å²) < 4.78 is 24.5. The lowest BCUT2D eigenvalue weighted by Gasteiger charge is -2.36. The highest BCUT2D eigenvalue weighted by atomic mass is 19.1. The van der Waals surface area contributed by atoms with Crippen molar-refractivity contribution in [1.29, 1.82) is 0 Å². The average Bonchev–Trinajstić information content (AvgIpc) is 2.95. The lowest BCUT2D eigenvalue weighted by Crippen LogP contribution is -2.52. The molecule has 37 heavy (non-hydrogen) atoms. The van der Waals surface area contributed by atoms with E-state index in [1.165, 1.54) is 30.2 Å². The third-order valence-corrected chi connectivity index (χ3v) is 6.28. The maximum absolute atomic E-state index is 14.2. The molecule has 2 amide bonds. The summed E-state index contributed by atoms with van der Waals surface area (Å²) in [5.74, 6) is 0.172. The van der Waals surface area contributed by atoms with E-state index in [-0.39, 0.29) is 31.2 Å². The van der Waals surface area contributed by atoms with Crippen molar-refractivity contribution in [3.8, 4) is 17.0 Å². The van der Waals surface area contributed by atoms with Crippen molar-refractivity contribution in [2.45, 2.75) is 0 Å². The minimum absolute atomic E-state index is 0.0621. The second-order valence-electron chi connectivity index (χ2n) is 8.57. The third kappa shape index (κ3) is 6.39. The molecule has 0 unspecified atom stereocenters. The molecule has 1 aliphatic rings. The third-order valence-electron chi connectivity index (χ3n) is 6.28. The van der Waals surface area contributed by atoms with E-state index in [1.807, 2.05) is 36.4 Å². The van der Waals surface area contributed by atoms with Gasteiger partial charge in [0.15, 0.2) is 5.82 Å². The van der Waals surface area contributed by atoms with Crippen molar-refractivity contribution >= 4 is 17.6 Å². The number of hydrogen-bond acceptors (Lipinski definition) is 7. The number of amides is 2. The van der Waals surface area contributed by atoms with E-state index in [4.69, 9.17) is 9.47 Å². The Kier molecular flexibility index (Phi) is 8.63. The van der Waals surface area contributed by atoms with Crippen molar-refractivity contribution in [2.75, 3.05) is 65.0 Å². The second-order valence-corrected chi connectivity index (χ2v) is 8.57. The number of anilines is 1. The van der Waals surface area contributed by atoms with Crippen LogP contribution in [0.5, 0.6) is 5.75 Å². The van der Waals surface area contributed by atoms with Crippen molar-refractivity contribution < 1.29 is 23.5 Å². The predicted molar refractivity (Wildman–Crippen MR) is 137 cm³/mol. The molecule has 4 rings (SSSR count). The Hall–Kier alpha value is -4.05. The molecule has 1 fully saturated rings. The van der Waals surface area contributed by atoms with E-state index in [1.54, 1.807) is 18.1 Å². The molecule has 0 spiro atoms. The van der Waals surface area contributed by atoms with Crippen LogP contribution in [0.4, 0.5) is 10.2 Å². The zero-order valence-electron chi connectivity index (χ0n) is 21.0. The maximum Gasteiger partial charge on any atom is 0.257 e. The van der Waals surface area contributed by atoms with Gasteiger partial charge in [0.25, 0.3) is 5.91 Å². The van der Waals surface area contributed by atoms with Gasteiger partial charge in [0, 0.05) is 45.4 Å².